The second kappa shape index (κ2) is 7.59. The van der Waals surface area contributed by atoms with Crippen LogP contribution in [0.25, 0.3) is 0 Å². The van der Waals surface area contributed by atoms with E-state index < -0.39 is 29.5 Å². The Morgan fingerprint density at radius 3 is 2.23 bits per heavy atom. The zero-order valence-corrected chi connectivity index (χ0v) is 13.2. The van der Waals surface area contributed by atoms with Crippen LogP contribution in [0.1, 0.15) is 37.6 Å². The number of rotatable bonds is 5. The van der Waals surface area contributed by atoms with Crippen molar-refractivity contribution in [1.82, 2.24) is 5.32 Å². The molecule has 22 heavy (non-hydrogen) atoms. The summed E-state index contributed by atoms with van der Waals surface area (Å²) in [4.78, 5) is 35.6. The van der Waals surface area contributed by atoms with Gasteiger partial charge in [0.1, 0.15) is 11.6 Å². The molecule has 0 aliphatic heterocycles. The number of carbonyl (C=O) groups excluding carboxylic acids is 3. The van der Waals surface area contributed by atoms with Gasteiger partial charge in [0.05, 0.1) is 13.5 Å². The van der Waals surface area contributed by atoms with Gasteiger partial charge in [0, 0.05) is 5.56 Å². The lowest BCUT2D eigenvalue weighted by Gasteiger charge is -2.22. The van der Waals surface area contributed by atoms with Gasteiger partial charge in [-0.15, -0.1) is 0 Å². The van der Waals surface area contributed by atoms with Crippen LogP contribution in [0.2, 0.25) is 0 Å². The molecule has 0 fully saturated rings. The summed E-state index contributed by atoms with van der Waals surface area (Å²) in [6.07, 6.45) is -0.289. The van der Waals surface area contributed by atoms with Crippen LogP contribution >= 0.6 is 0 Å². The first-order valence-corrected chi connectivity index (χ1v) is 6.88. The molecular formula is C16H21NO5. The van der Waals surface area contributed by atoms with E-state index in [4.69, 9.17) is 4.74 Å². The maximum Gasteiger partial charge on any atom is 0.328 e. The summed E-state index contributed by atoms with van der Waals surface area (Å²) < 4.78 is 9.77. The van der Waals surface area contributed by atoms with Crippen molar-refractivity contribution >= 4 is 17.8 Å². The molecule has 1 amide bonds. The number of benzene rings is 1. The van der Waals surface area contributed by atoms with Crippen LogP contribution in [-0.4, -0.2) is 36.6 Å². The van der Waals surface area contributed by atoms with Crippen LogP contribution in [0, 0.1) is 0 Å². The highest BCUT2D eigenvalue weighted by Crippen LogP contribution is 2.10. The first kappa shape index (κ1) is 17.7. The molecule has 1 aromatic carbocycles. The highest BCUT2D eigenvalue weighted by atomic mass is 16.6. The van der Waals surface area contributed by atoms with Crippen molar-refractivity contribution in [2.75, 3.05) is 7.11 Å². The highest BCUT2D eigenvalue weighted by Gasteiger charge is 2.27. The van der Waals surface area contributed by atoms with E-state index in [1.807, 2.05) is 0 Å². The Bertz CT molecular complexity index is 533. The van der Waals surface area contributed by atoms with E-state index in [0.29, 0.717) is 5.56 Å². The van der Waals surface area contributed by atoms with Crippen LogP contribution in [-0.2, 0) is 19.1 Å². The Morgan fingerprint density at radius 2 is 1.73 bits per heavy atom. The summed E-state index contributed by atoms with van der Waals surface area (Å²) in [6, 6.07) is 7.31. The minimum Gasteiger partial charge on any atom is -0.467 e. The van der Waals surface area contributed by atoms with E-state index in [1.54, 1.807) is 51.1 Å². The lowest BCUT2D eigenvalue weighted by atomic mass is 10.1. The van der Waals surface area contributed by atoms with Crippen molar-refractivity contribution in [3.63, 3.8) is 0 Å². The Kier molecular flexibility index (Phi) is 6.10. The maximum absolute atomic E-state index is 12.1. The molecule has 1 aromatic rings. The Morgan fingerprint density at radius 1 is 1.14 bits per heavy atom. The van der Waals surface area contributed by atoms with E-state index >= 15 is 0 Å². The number of amides is 1. The molecule has 0 aliphatic rings. The lowest BCUT2D eigenvalue weighted by Crippen LogP contribution is -2.43. The summed E-state index contributed by atoms with van der Waals surface area (Å²) in [5, 5.41) is 2.49. The maximum atomic E-state index is 12.1. The molecule has 0 saturated heterocycles. The third-order valence-corrected chi connectivity index (χ3v) is 2.62. The molecule has 0 spiro atoms. The normalized spacial score (nSPS) is 12.2. The van der Waals surface area contributed by atoms with Crippen molar-refractivity contribution in [3.8, 4) is 0 Å². The molecule has 0 aliphatic carbocycles. The summed E-state index contributed by atoms with van der Waals surface area (Å²) in [6.45, 7) is 5.17. The highest BCUT2D eigenvalue weighted by molar-refractivity contribution is 5.97. The smallest absolute Gasteiger partial charge is 0.328 e. The standard InChI is InChI=1S/C16H21NO5/c1-16(2,3)22-13(18)10-12(15(20)21-4)17-14(19)11-8-6-5-7-9-11/h5-9,12H,10H2,1-4H3,(H,17,19)/t12-/m0/s1. The molecule has 0 aromatic heterocycles. The van der Waals surface area contributed by atoms with Gasteiger partial charge in [0.25, 0.3) is 5.91 Å². The fourth-order valence-electron chi connectivity index (χ4n) is 1.72. The number of esters is 2. The van der Waals surface area contributed by atoms with E-state index in [1.165, 1.54) is 7.11 Å². The zero-order valence-electron chi connectivity index (χ0n) is 13.2. The molecule has 120 valence electrons. The van der Waals surface area contributed by atoms with Crippen molar-refractivity contribution in [3.05, 3.63) is 35.9 Å². The first-order valence-electron chi connectivity index (χ1n) is 6.88. The third kappa shape index (κ3) is 5.95. The second-order valence-corrected chi connectivity index (χ2v) is 5.71. The number of nitrogens with one attached hydrogen (secondary N) is 1. The van der Waals surface area contributed by atoms with Gasteiger partial charge in [-0.1, -0.05) is 18.2 Å². The summed E-state index contributed by atoms with van der Waals surface area (Å²) in [5.41, 5.74) is -0.276. The fourth-order valence-corrected chi connectivity index (χ4v) is 1.72. The van der Waals surface area contributed by atoms with E-state index in [2.05, 4.69) is 10.1 Å². The van der Waals surface area contributed by atoms with E-state index in [0.717, 1.165) is 0 Å². The second-order valence-electron chi connectivity index (χ2n) is 5.71. The Hall–Kier alpha value is -2.37. The predicted molar refractivity (Wildman–Crippen MR) is 80.2 cm³/mol. The van der Waals surface area contributed by atoms with Gasteiger partial charge in [-0.25, -0.2) is 4.79 Å². The molecule has 0 heterocycles. The predicted octanol–water partition coefficient (Wildman–Crippen LogP) is 1.69. The number of hydrogen-bond acceptors (Lipinski definition) is 5. The number of methoxy groups -OCH3 is 1. The van der Waals surface area contributed by atoms with Gasteiger partial charge in [-0.2, -0.15) is 0 Å². The molecular weight excluding hydrogens is 286 g/mol. The first-order chi connectivity index (χ1) is 10.2. The van der Waals surface area contributed by atoms with Crippen molar-refractivity contribution in [2.45, 2.75) is 38.8 Å². The number of hydrogen-bond donors (Lipinski definition) is 1. The molecule has 1 atom stereocenters. The third-order valence-electron chi connectivity index (χ3n) is 2.62. The van der Waals surface area contributed by atoms with E-state index in [-0.39, 0.29) is 6.42 Å². The van der Waals surface area contributed by atoms with Gasteiger partial charge in [0.15, 0.2) is 0 Å². The molecule has 1 rings (SSSR count). The summed E-state index contributed by atoms with van der Waals surface area (Å²) >= 11 is 0. The largest absolute Gasteiger partial charge is 0.467 e. The monoisotopic (exact) mass is 307 g/mol. The van der Waals surface area contributed by atoms with Crippen LogP contribution < -0.4 is 5.32 Å². The topological polar surface area (TPSA) is 81.7 Å². The Labute approximate surface area is 129 Å². The number of carbonyl (C=O) groups is 3. The summed E-state index contributed by atoms with van der Waals surface area (Å²) in [7, 11) is 1.19. The molecule has 6 nitrogen and oxygen atoms in total. The SMILES string of the molecule is COC(=O)[C@H](CC(=O)OC(C)(C)C)NC(=O)c1ccccc1. The molecule has 1 N–H and O–H groups in total. The molecule has 0 saturated carbocycles. The van der Waals surface area contributed by atoms with Crippen LogP contribution in [0.3, 0.4) is 0 Å². The van der Waals surface area contributed by atoms with Gasteiger partial charge < -0.3 is 14.8 Å². The minimum atomic E-state index is -1.09. The van der Waals surface area contributed by atoms with Crippen LogP contribution in [0.15, 0.2) is 30.3 Å². The van der Waals surface area contributed by atoms with Gasteiger partial charge in [0.2, 0.25) is 0 Å². The van der Waals surface area contributed by atoms with E-state index in [9.17, 15) is 14.4 Å². The molecule has 0 bridgehead atoms. The van der Waals surface area contributed by atoms with Gasteiger partial charge in [-0.05, 0) is 32.9 Å². The fraction of sp³-hybridized carbons (Fsp3) is 0.438. The average Bonchev–Trinajstić information content (AvgIpc) is 2.44. The van der Waals surface area contributed by atoms with Gasteiger partial charge in [-0.3, -0.25) is 9.59 Å². The quantitative estimate of drug-likeness (QED) is 0.837. The minimum absolute atomic E-state index is 0.289. The average molecular weight is 307 g/mol. The van der Waals surface area contributed by atoms with Crippen molar-refractivity contribution in [2.24, 2.45) is 0 Å². The lowest BCUT2D eigenvalue weighted by molar-refractivity contribution is -0.158. The zero-order chi connectivity index (χ0) is 16.8. The van der Waals surface area contributed by atoms with Crippen molar-refractivity contribution in [1.29, 1.82) is 0 Å². The molecule has 6 heteroatoms. The molecule has 0 radical (unpaired) electrons. The Balaban J connectivity index is 2.75. The van der Waals surface area contributed by atoms with Crippen LogP contribution in [0.5, 0.6) is 0 Å². The van der Waals surface area contributed by atoms with Crippen LogP contribution in [0.4, 0.5) is 0 Å². The van der Waals surface area contributed by atoms with Crippen molar-refractivity contribution < 1.29 is 23.9 Å². The number of ether oxygens (including phenoxy) is 2. The van der Waals surface area contributed by atoms with Gasteiger partial charge >= 0.3 is 11.9 Å². The summed E-state index contributed by atoms with van der Waals surface area (Å²) in [5.74, 6) is -1.74. The molecule has 0 unspecified atom stereocenters.